The average molecular weight is 562 g/mol. The number of ketones is 1. The number of alkyl halides is 5. The maximum atomic E-state index is 15.0. The van der Waals surface area contributed by atoms with E-state index in [1.54, 1.807) is 6.92 Å². The molecule has 4 rings (SSSR count). The molecule has 2 aliphatic rings. The monoisotopic (exact) mass is 561 g/mol. The number of fused-ring (bicyclic) bond motifs is 1. The molecule has 204 valence electrons. The molecular weight excluding hydrogens is 540 g/mol. The topological polar surface area (TPSA) is 120 Å². The molecule has 2 heterocycles. The largest absolute Gasteiger partial charge is 0.467 e. The first kappa shape index (κ1) is 27.7. The predicted molar refractivity (Wildman–Crippen MR) is 124 cm³/mol. The number of benzene rings is 1. The van der Waals surface area contributed by atoms with E-state index in [1.165, 1.54) is 12.1 Å². The zero-order chi connectivity index (χ0) is 27.9. The molecule has 1 aromatic carbocycles. The molecule has 0 saturated heterocycles. The highest BCUT2D eigenvalue weighted by Gasteiger charge is 2.70. The number of hydrogen-bond acceptors (Lipinski definition) is 8. The van der Waals surface area contributed by atoms with E-state index in [4.69, 9.17) is 5.73 Å². The Morgan fingerprint density at radius 2 is 2.00 bits per heavy atom. The van der Waals surface area contributed by atoms with Gasteiger partial charge in [-0.25, -0.2) is 23.1 Å². The van der Waals surface area contributed by atoms with Gasteiger partial charge in [0, 0.05) is 17.9 Å². The van der Waals surface area contributed by atoms with Crippen molar-refractivity contribution in [3.63, 3.8) is 0 Å². The van der Waals surface area contributed by atoms with Crippen LogP contribution in [0, 0.1) is 11.7 Å². The van der Waals surface area contributed by atoms with E-state index < -0.39 is 65.3 Å². The number of thioether (sulfide) groups is 1. The summed E-state index contributed by atoms with van der Waals surface area (Å²) in [4.78, 5) is 37.3. The van der Waals surface area contributed by atoms with Gasteiger partial charge in [-0.2, -0.15) is 13.2 Å². The molecule has 0 unspecified atom stereocenters. The quantitative estimate of drug-likeness (QED) is 0.356. The third-order valence-corrected chi connectivity index (χ3v) is 7.56. The fourth-order valence-corrected chi connectivity index (χ4v) is 5.82. The van der Waals surface area contributed by atoms with Gasteiger partial charge >= 0.3 is 6.18 Å². The van der Waals surface area contributed by atoms with E-state index in [0.29, 0.717) is 5.56 Å². The number of hydrogen-bond donors (Lipinski definition) is 2. The Labute approximate surface area is 216 Å². The fourth-order valence-electron chi connectivity index (χ4n) is 4.43. The van der Waals surface area contributed by atoms with Gasteiger partial charge in [-0.15, -0.1) is 0 Å². The summed E-state index contributed by atoms with van der Waals surface area (Å²) in [6.07, 6.45) is -5.46. The molecule has 3 atom stereocenters. The number of aliphatic imine (C=N–C) groups is 1. The van der Waals surface area contributed by atoms with Gasteiger partial charge in [-0.3, -0.25) is 14.6 Å². The van der Waals surface area contributed by atoms with Crippen molar-refractivity contribution in [2.45, 2.75) is 42.7 Å². The number of ether oxygens (including phenoxy) is 1. The lowest BCUT2D eigenvalue weighted by atomic mass is 9.84. The molecule has 0 bridgehead atoms. The van der Waals surface area contributed by atoms with Gasteiger partial charge in [0.15, 0.2) is 17.6 Å². The van der Waals surface area contributed by atoms with Crippen LogP contribution in [0.15, 0.2) is 35.6 Å². The van der Waals surface area contributed by atoms with Crippen LogP contribution in [0.5, 0.6) is 5.88 Å². The van der Waals surface area contributed by atoms with Crippen molar-refractivity contribution in [3.05, 3.63) is 53.2 Å². The first-order chi connectivity index (χ1) is 17.7. The lowest BCUT2D eigenvalue weighted by Crippen LogP contribution is -2.45. The number of amides is 1. The summed E-state index contributed by atoms with van der Waals surface area (Å²) < 4.78 is 80.4. The van der Waals surface area contributed by atoms with Crippen molar-refractivity contribution in [3.8, 4) is 5.88 Å². The Morgan fingerprint density at radius 3 is 2.63 bits per heavy atom. The van der Waals surface area contributed by atoms with Crippen molar-refractivity contribution < 1.29 is 40.7 Å². The Hall–Kier alpha value is -3.36. The summed E-state index contributed by atoms with van der Waals surface area (Å²) in [5.74, 6) is -2.79. The zero-order valence-corrected chi connectivity index (χ0v) is 20.5. The standard InChI is InChI=1S/C23H21F6N5O3S/c1-21(16-6-22(16,38-20(30)34-21)19(36)33-8-17(25)26)12-4-11(2-3-13(12)24)5-15(35)14-7-32-18(9-31-14)37-10-23(27,28)29/h2-4,7,9,16-17H,5-6,8,10H2,1H3,(H2,30,34)(H,33,36)/t16-,21+,22-/m0/s1. The molecule has 38 heavy (non-hydrogen) atoms. The van der Waals surface area contributed by atoms with Crippen molar-refractivity contribution >= 4 is 28.6 Å². The van der Waals surface area contributed by atoms with Crippen molar-refractivity contribution in [1.82, 2.24) is 15.3 Å². The van der Waals surface area contributed by atoms with E-state index in [-0.39, 0.29) is 29.3 Å². The van der Waals surface area contributed by atoms with Crippen LogP contribution in [0.2, 0.25) is 0 Å². The Morgan fingerprint density at radius 1 is 1.26 bits per heavy atom. The van der Waals surface area contributed by atoms with Crippen LogP contribution in [0.25, 0.3) is 0 Å². The summed E-state index contributed by atoms with van der Waals surface area (Å²) in [6, 6.07) is 3.92. The maximum Gasteiger partial charge on any atom is 0.422 e. The molecule has 2 aromatic rings. The summed E-state index contributed by atoms with van der Waals surface area (Å²) in [6.45, 7) is -0.804. The number of nitrogens with zero attached hydrogens (tertiary/aromatic N) is 3. The van der Waals surface area contributed by atoms with Gasteiger partial charge in [0.05, 0.1) is 24.5 Å². The van der Waals surface area contributed by atoms with Crippen LogP contribution in [-0.2, 0) is 16.8 Å². The molecule has 15 heteroatoms. The molecule has 0 radical (unpaired) electrons. The third kappa shape index (κ3) is 5.71. The number of carbonyl (C=O) groups excluding carboxylic acids is 2. The lowest BCUT2D eigenvalue weighted by Gasteiger charge is -2.34. The van der Waals surface area contributed by atoms with Crippen molar-refractivity contribution in [1.29, 1.82) is 0 Å². The molecule has 1 saturated carbocycles. The Balaban J connectivity index is 1.52. The second kappa shape index (κ2) is 10.1. The number of carbonyl (C=O) groups is 2. The summed E-state index contributed by atoms with van der Waals surface area (Å²) in [5, 5.41) is 2.19. The number of nitrogens with one attached hydrogen (secondary N) is 1. The van der Waals surface area contributed by atoms with E-state index in [0.717, 1.165) is 30.2 Å². The van der Waals surface area contributed by atoms with E-state index in [2.05, 4.69) is 25.0 Å². The summed E-state index contributed by atoms with van der Waals surface area (Å²) in [7, 11) is 0. The smallest absolute Gasteiger partial charge is 0.422 e. The number of amidine groups is 1. The van der Waals surface area contributed by atoms with E-state index in [9.17, 15) is 31.5 Å². The van der Waals surface area contributed by atoms with Gasteiger partial charge in [-0.1, -0.05) is 17.8 Å². The fraction of sp³-hybridized carbons (Fsp3) is 0.435. The van der Waals surface area contributed by atoms with Gasteiger partial charge in [0.25, 0.3) is 6.43 Å². The van der Waals surface area contributed by atoms with Gasteiger partial charge in [-0.05, 0) is 31.0 Å². The highest BCUT2D eigenvalue weighted by Crippen LogP contribution is 2.66. The SMILES string of the molecule is C[C@]1(c2cc(CC(=O)c3cnc(OCC(F)(F)F)cn3)ccc2F)N=C(N)S[C@@]2(C(=O)NCC(F)F)C[C@H]21. The van der Waals surface area contributed by atoms with Gasteiger partial charge < -0.3 is 15.8 Å². The number of Topliss-reactive ketones (excluding diaryl/α,β-unsaturated/α-hetero) is 1. The second-order valence-electron chi connectivity index (χ2n) is 9.00. The number of aromatic nitrogens is 2. The van der Waals surface area contributed by atoms with Crippen molar-refractivity contribution in [2.75, 3.05) is 13.2 Å². The lowest BCUT2D eigenvalue weighted by molar-refractivity contribution is -0.154. The minimum absolute atomic E-state index is 0.00238. The molecule has 3 N–H and O–H groups in total. The third-order valence-electron chi connectivity index (χ3n) is 6.26. The van der Waals surface area contributed by atoms with Crippen LogP contribution < -0.4 is 15.8 Å². The van der Waals surface area contributed by atoms with E-state index in [1.807, 2.05) is 0 Å². The van der Waals surface area contributed by atoms with Crippen LogP contribution in [0.4, 0.5) is 26.3 Å². The maximum absolute atomic E-state index is 15.0. The predicted octanol–water partition coefficient (Wildman–Crippen LogP) is 3.40. The molecule has 1 aliphatic heterocycles. The van der Waals surface area contributed by atoms with E-state index >= 15 is 4.39 Å². The molecule has 8 nitrogen and oxygen atoms in total. The van der Waals surface area contributed by atoms with Crippen LogP contribution in [0.1, 0.15) is 35.0 Å². The van der Waals surface area contributed by atoms with Gasteiger partial charge in [0.1, 0.15) is 16.3 Å². The molecule has 1 aromatic heterocycles. The number of halogens is 6. The molecule has 0 spiro atoms. The minimum atomic E-state index is -4.56. The van der Waals surface area contributed by atoms with Crippen LogP contribution in [-0.4, -0.2) is 57.3 Å². The van der Waals surface area contributed by atoms with Crippen molar-refractivity contribution in [2.24, 2.45) is 16.6 Å². The Kier molecular flexibility index (Phi) is 7.34. The van der Waals surface area contributed by atoms with Gasteiger partial charge in [0.2, 0.25) is 11.8 Å². The highest BCUT2D eigenvalue weighted by atomic mass is 32.2. The van der Waals surface area contributed by atoms with Crippen LogP contribution >= 0.6 is 11.8 Å². The molecule has 1 amide bonds. The van der Waals surface area contributed by atoms with Crippen LogP contribution in [0.3, 0.4) is 0 Å². The number of rotatable bonds is 9. The Bertz CT molecular complexity index is 1280. The summed E-state index contributed by atoms with van der Waals surface area (Å²) in [5.41, 5.74) is 4.95. The molecule has 1 aliphatic carbocycles. The zero-order valence-electron chi connectivity index (χ0n) is 19.7. The first-order valence-electron chi connectivity index (χ1n) is 11.2. The summed E-state index contributed by atoms with van der Waals surface area (Å²) >= 11 is 0.950. The molecule has 1 fully saturated rings. The second-order valence-corrected chi connectivity index (χ2v) is 10.4. The molecular formula is C23H21F6N5O3S. The average Bonchev–Trinajstić information content (AvgIpc) is 3.59. The number of nitrogens with two attached hydrogens (primary N) is 1. The minimum Gasteiger partial charge on any atom is -0.467 e. The highest BCUT2D eigenvalue weighted by molar-refractivity contribution is 8.15. The first-order valence-corrected chi connectivity index (χ1v) is 12.0. The normalized spacial score (nSPS) is 24.4.